The number of hydrogen-bond donors (Lipinski definition) is 2. The van der Waals surface area contributed by atoms with Gasteiger partial charge in [-0.3, -0.25) is 4.79 Å². The Morgan fingerprint density at radius 2 is 2.11 bits per heavy atom. The summed E-state index contributed by atoms with van der Waals surface area (Å²) < 4.78 is 0. The molecule has 4 nitrogen and oxygen atoms in total. The Balaban J connectivity index is 0.00000324. The molecule has 1 saturated heterocycles. The van der Waals surface area contributed by atoms with Gasteiger partial charge in [-0.25, -0.2) is 0 Å². The van der Waals surface area contributed by atoms with Crippen molar-refractivity contribution in [1.82, 2.24) is 10.2 Å². The van der Waals surface area contributed by atoms with E-state index in [1.807, 2.05) is 0 Å². The monoisotopic (exact) mass is 291 g/mol. The van der Waals surface area contributed by atoms with Crippen LogP contribution < -0.4 is 11.1 Å². The first kappa shape index (κ1) is 18.7. The topological polar surface area (TPSA) is 58.4 Å². The van der Waals surface area contributed by atoms with Crippen molar-refractivity contribution in [2.24, 2.45) is 17.1 Å². The van der Waals surface area contributed by atoms with Crippen molar-refractivity contribution in [1.29, 1.82) is 0 Å². The van der Waals surface area contributed by atoms with Crippen molar-refractivity contribution in [2.45, 2.75) is 40.0 Å². The van der Waals surface area contributed by atoms with E-state index in [1.165, 1.54) is 6.42 Å². The molecule has 0 bridgehead atoms. The number of carbonyl (C=O) groups excluding carboxylic acids is 1. The number of halogens is 1. The molecule has 0 spiro atoms. The van der Waals surface area contributed by atoms with Gasteiger partial charge >= 0.3 is 0 Å². The number of nitrogens with one attached hydrogen (secondary N) is 1. The molecule has 19 heavy (non-hydrogen) atoms. The molecule has 1 fully saturated rings. The van der Waals surface area contributed by atoms with Crippen LogP contribution in [0.2, 0.25) is 0 Å². The molecule has 0 aromatic carbocycles. The van der Waals surface area contributed by atoms with Crippen LogP contribution in [0.25, 0.3) is 0 Å². The highest BCUT2D eigenvalue weighted by Crippen LogP contribution is 2.22. The molecule has 1 aliphatic rings. The molecular formula is C14H30ClN3O. The van der Waals surface area contributed by atoms with E-state index in [0.29, 0.717) is 18.5 Å². The van der Waals surface area contributed by atoms with E-state index in [0.717, 1.165) is 32.5 Å². The Kier molecular flexibility index (Phi) is 8.62. The highest BCUT2D eigenvalue weighted by atomic mass is 35.5. The Bertz CT molecular complexity index is 266. The Morgan fingerprint density at radius 1 is 1.42 bits per heavy atom. The molecule has 0 aromatic rings. The average molecular weight is 292 g/mol. The second-order valence-electron chi connectivity index (χ2n) is 6.53. The maximum absolute atomic E-state index is 11.9. The van der Waals surface area contributed by atoms with Crippen molar-refractivity contribution in [3.63, 3.8) is 0 Å². The van der Waals surface area contributed by atoms with Crippen LogP contribution in [0.5, 0.6) is 0 Å². The van der Waals surface area contributed by atoms with Gasteiger partial charge in [0, 0.05) is 19.6 Å². The second-order valence-corrected chi connectivity index (χ2v) is 6.53. The van der Waals surface area contributed by atoms with Gasteiger partial charge in [-0.1, -0.05) is 20.8 Å². The third-order valence-corrected chi connectivity index (χ3v) is 3.50. The molecule has 0 radical (unpaired) electrons. The maximum Gasteiger partial charge on any atom is 0.224 e. The van der Waals surface area contributed by atoms with E-state index in [2.05, 4.69) is 31.0 Å². The van der Waals surface area contributed by atoms with Gasteiger partial charge in [0.25, 0.3) is 0 Å². The van der Waals surface area contributed by atoms with Crippen molar-refractivity contribution < 1.29 is 4.79 Å². The SMILES string of the molecule is CC(C)(C)CCN1CCCC(C(=O)NCCN)C1.Cl. The summed E-state index contributed by atoms with van der Waals surface area (Å²) in [5.41, 5.74) is 5.77. The molecule has 114 valence electrons. The average Bonchev–Trinajstić information content (AvgIpc) is 2.33. The molecule has 5 heteroatoms. The summed E-state index contributed by atoms with van der Waals surface area (Å²) in [7, 11) is 0. The number of nitrogens with zero attached hydrogens (tertiary/aromatic N) is 1. The highest BCUT2D eigenvalue weighted by Gasteiger charge is 2.25. The normalized spacial score (nSPS) is 20.7. The van der Waals surface area contributed by atoms with Crippen LogP contribution >= 0.6 is 12.4 Å². The van der Waals surface area contributed by atoms with Gasteiger partial charge in [0.2, 0.25) is 5.91 Å². The fourth-order valence-corrected chi connectivity index (χ4v) is 2.31. The molecule has 1 rings (SSSR count). The zero-order valence-corrected chi connectivity index (χ0v) is 13.4. The molecule has 0 aromatic heterocycles. The lowest BCUT2D eigenvalue weighted by Crippen LogP contribution is -2.44. The fraction of sp³-hybridized carbons (Fsp3) is 0.929. The molecule has 0 aliphatic carbocycles. The Morgan fingerprint density at radius 3 is 2.68 bits per heavy atom. The van der Waals surface area contributed by atoms with Gasteiger partial charge in [0.1, 0.15) is 0 Å². The van der Waals surface area contributed by atoms with E-state index in [1.54, 1.807) is 0 Å². The second kappa shape index (κ2) is 8.77. The number of nitrogens with two attached hydrogens (primary N) is 1. The van der Waals surface area contributed by atoms with Crippen molar-refractivity contribution in [3.8, 4) is 0 Å². The van der Waals surface area contributed by atoms with Crippen LogP contribution in [-0.4, -0.2) is 43.5 Å². The highest BCUT2D eigenvalue weighted by molar-refractivity contribution is 5.85. The summed E-state index contributed by atoms with van der Waals surface area (Å²) >= 11 is 0. The Labute approximate surface area is 123 Å². The summed E-state index contributed by atoms with van der Waals surface area (Å²) in [4.78, 5) is 14.3. The lowest BCUT2D eigenvalue weighted by Gasteiger charge is -2.33. The first-order valence-corrected chi connectivity index (χ1v) is 7.12. The molecule has 0 saturated carbocycles. The maximum atomic E-state index is 11.9. The number of hydrogen-bond acceptors (Lipinski definition) is 3. The summed E-state index contributed by atoms with van der Waals surface area (Å²) in [5, 5.41) is 2.90. The molecular weight excluding hydrogens is 262 g/mol. The standard InChI is InChI=1S/C14H29N3O.ClH/c1-14(2,3)6-10-17-9-4-5-12(11-17)13(18)16-8-7-15;/h12H,4-11,15H2,1-3H3,(H,16,18);1H. The zero-order valence-electron chi connectivity index (χ0n) is 12.6. The van der Waals surface area contributed by atoms with Crippen LogP contribution in [0.1, 0.15) is 40.0 Å². The lowest BCUT2D eigenvalue weighted by atomic mass is 9.91. The van der Waals surface area contributed by atoms with Crippen LogP contribution in [0, 0.1) is 11.3 Å². The third-order valence-electron chi connectivity index (χ3n) is 3.50. The van der Waals surface area contributed by atoms with Gasteiger partial charge in [0.15, 0.2) is 0 Å². The fourth-order valence-electron chi connectivity index (χ4n) is 2.31. The van der Waals surface area contributed by atoms with Crippen LogP contribution in [-0.2, 0) is 4.79 Å². The van der Waals surface area contributed by atoms with Crippen molar-refractivity contribution in [2.75, 3.05) is 32.7 Å². The molecule has 1 unspecified atom stereocenters. The third kappa shape index (κ3) is 7.75. The predicted molar refractivity (Wildman–Crippen MR) is 82.5 cm³/mol. The number of carbonyl (C=O) groups is 1. The van der Waals surface area contributed by atoms with Crippen LogP contribution in [0.4, 0.5) is 0 Å². The number of amides is 1. The summed E-state index contributed by atoms with van der Waals surface area (Å²) in [5.74, 6) is 0.339. The van der Waals surface area contributed by atoms with E-state index in [4.69, 9.17) is 5.73 Å². The van der Waals surface area contributed by atoms with E-state index >= 15 is 0 Å². The molecule has 1 atom stereocenters. The van der Waals surface area contributed by atoms with Crippen molar-refractivity contribution >= 4 is 18.3 Å². The van der Waals surface area contributed by atoms with Gasteiger partial charge in [0.05, 0.1) is 5.92 Å². The summed E-state index contributed by atoms with van der Waals surface area (Å²) in [6.45, 7) is 11.1. The van der Waals surface area contributed by atoms with Crippen LogP contribution in [0.3, 0.4) is 0 Å². The zero-order chi connectivity index (χ0) is 13.6. The predicted octanol–water partition coefficient (Wildman–Crippen LogP) is 1.63. The first-order chi connectivity index (χ1) is 8.42. The Hall–Kier alpha value is -0.320. The lowest BCUT2D eigenvalue weighted by molar-refractivity contribution is -0.126. The number of piperidine rings is 1. The molecule has 3 N–H and O–H groups in total. The van der Waals surface area contributed by atoms with Gasteiger partial charge in [-0.05, 0) is 37.8 Å². The summed E-state index contributed by atoms with van der Waals surface area (Å²) in [6.07, 6.45) is 3.33. The molecule has 1 heterocycles. The minimum absolute atomic E-state index is 0. The van der Waals surface area contributed by atoms with Crippen LogP contribution in [0.15, 0.2) is 0 Å². The van der Waals surface area contributed by atoms with E-state index in [9.17, 15) is 4.79 Å². The van der Waals surface area contributed by atoms with E-state index in [-0.39, 0.29) is 24.2 Å². The number of likely N-dealkylation sites (tertiary alicyclic amines) is 1. The van der Waals surface area contributed by atoms with Gasteiger partial charge in [-0.2, -0.15) is 0 Å². The minimum Gasteiger partial charge on any atom is -0.355 e. The first-order valence-electron chi connectivity index (χ1n) is 7.12. The smallest absolute Gasteiger partial charge is 0.224 e. The number of rotatable bonds is 5. The largest absolute Gasteiger partial charge is 0.355 e. The van der Waals surface area contributed by atoms with Gasteiger partial charge < -0.3 is 16.0 Å². The van der Waals surface area contributed by atoms with E-state index < -0.39 is 0 Å². The molecule has 1 amide bonds. The molecule has 1 aliphatic heterocycles. The van der Waals surface area contributed by atoms with Gasteiger partial charge in [-0.15, -0.1) is 12.4 Å². The quantitative estimate of drug-likeness (QED) is 0.809. The minimum atomic E-state index is 0. The summed E-state index contributed by atoms with van der Waals surface area (Å²) in [6, 6.07) is 0. The van der Waals surface area contributed by atoms with Crippen molar-refractivity contribution in [3.05, 3.63) is 0 Å².